The number of anilines is 2. The van der Waals surface area contributed by atoms with Crippen molar-refractivity contribution in [1.82, 2.24) is 9.97 Å². The molecule has 2 heterocycles. The summed E-state index contributed by atoms with van der Waals surface area (Å²) >= 11 is 0. The number of hydrogen-bond donors (Lipinski definition) is 4. The van der Waals surface area contributed by atoms with E-state index in [0.29, 0.717) is 22.5 Å². The molecule has 5 rings (SSSR count). The molecular weight excluding hydrogens is 456 g/mol. The number of nitro benzene ring substituents is 1. The largest absolute Gasteiger partial charge is 0.354 e. The molecule has 5 N–H and O–H groups in total. The highest BCUT2D eigenvalue weighted by atomic mass is 16.6. The van der Waals surface area contributed by atoms with Crippen molar-refractivity contribution >= 4 is 46.4 Å². The number of nitrogens with zero attached hydrogens (tertiary/aromatic N) is 2. The third-order valence-corrected chi connectivity index (χ3v) is 5.86. The number of amides is 1. The van der Waals surface area contributed by atoms with Gasteiger partial charge in [0.1, 0.15) is 0 Å². The Morgan fingerprint density at radius 3 is 2.61 bits per heavy atom. The van der Waals surface area contributed by atoms with Gasteiger partial charge < -0.3 is 21.4 Å². The number of carbonyl (C=O) groups excluding carboxylic acids is 1. The predicted molar refractivity (Wildman–Crippen MR) is 140 cm³/mol. The number of nitrogens with one attached hydrogen (secondary N) is 3. The first-order chi connectivity index (χ1) is 17.5. The maximum Gasteiger partial charge on any atom is 0.270 e. The Kier molecular flexibility index (Phi) is 6.12. The average molecular weight is 479 g/mol. The SMILES string of the molecule is NCc1ccccc1/C(Nc1ccc(/C=C/c2c[nH]cn2)cc1)=C1/C(=O)Nc2ccc([N+](=O)[O-])cc21. The van der Waals surface area contributed by atoms with Crippen molar-refractivity contribution in [2.75, 3.05) is 10.6 Å². The zero-order valence-corrected chi connectivity index (χ0v) is 19.1. The number of H-pyrrole nitrogens is 1. The number of benzene rings is 3. The fraction of sp³-hybridized carbons (Fsp3) is 0.0370. The lowest BCUT2D eigenvalue weighted by molar-refractivity contribution is -0.384. The Morgan fingerprint density at radius 1 is 1.08 bits per heavy atom. The van der Waals surface area contributed by atoms with Gasteiger partial charge in [0.15, 0.2) is 0 Å². The van der Waals surface area contributed by atoms with Gasteiger partial charge in [0.05, 0.1) is 28.2 Å². The Balaban J connectivity index is 1.59. The summed E-state index contributed by atoms with van der Waals surface area (Å²) in [7, 11) is 0. The summed E-state index contributed by atoms with van der Waals surface area (Å²) in [5.74, 6) is -0.349. The topological polar surface area (TPSA) is 139 Å². The molecule has 0 atom stereocenters. The van der Waals surface area contributed by atoms with Gasteiger partial charge in [0.25, 0.3) is 11.6 Å². The molecule has 0 bridgehead atoms. The monoisotopic (exact) mass is 478 g/mol. The number of aromatic nitrogens is 2. The van der Waals surface area contributed by atoms with Crippen molar-refractivity contribution in [3.8, 4) is 0 Å². The minimum Gasteiger partial charge on any atom is -0.354 e. The van der Waals surface area contributed by atoms with E-state index in [1.54, 1.807) is 18.6 Å². The Labute approximate surface area is 206 Å². The first-order valence-corrected chi connectivity index (χ1v) is 11.2. The van der Waals surface area contributed by atoms with Crippen LogP contribution in [0.4, 0.5) is 17.1 Å². The van der Waals surface area contributed by atoms with Crippen LogP contribution in [0.15, 0.2) is 79.3 Å². The van der Waals surface area contributed by atoms with Gasteiger partial charge in [-0.15, -0.1) is 0 Å². The molecule has 0 spiro atoms. The smallest absolute Gasteiger partial charge is 0.270 e. The molecule has 1 aromatic heterocycles. The molecule has 1 aliphatic heterocycles. The van der Waals surface area contributed by atoms with Crippen LogP contribution in [-0.2, 0) is 11.3 Å². The lowest BCUT2D eigenvalue weighted by atomic mass is 9.96. The Bertz CT molecular complexity index is 1510. The highest BCUT2D eigenvalue weighted by Gasteiger charge is 2.30. The maximum atomic E-state index is 13.1. The quantitative estimate of drug-likeness (QED) is 0.170. The molecule has 9 heteroatoms. The van der Waals surface area contributed by atoms with Crippen molar-refractivity contribution in [2.45, 2.75) is 6.54 Å². The lowest BCUT2D eigenvalue weighted by Crippen LogP contribution is -2.12. The van der Waals surface area contributed by atoms with Crippen LogP contribution in [0.5, 0.6) is 0 Å². The number of non-ortho nitro benzene ring substituents is 1. The summed E-state index contributed by atoms with van der Waals surface area (Å²) in [5, 5.41) is 17.6. The number of rotatable bonds is 7. The number of nitro groups is 1. The van der Waals surface area contributed by atoms with E-state index in [0.717, 1.165) is 28.1 Å². The number of fused-ring (bicyclic) bond motifs is 1. The number of hydrogen-bond acceptors (Lipinski definition) is 6. The average Bonchev–Trinajstić information content (AvgIpc) is 3.53. The van der Waals surface area contributed by atoms with Crippen molar-refractivity contribution in [3.63, 3.8) is 0 Å². The predicted octanol–water partition coefficient (Wildman–Crippen LogP) is 4.88. The third kappa shape index (κ3) is 4.50. The molecule has 0 saturated carbocycles. The standard InChI is InChI=1S/C27H22N6O3/c28-14-18-3-1-2-4-22(18)26(25-23-13-21(33(35)36)11-12-24(23)32-27(25)34)31-19-8-5-17(6-9-19)7-10-20-15-29-16-30-20/h1-13,15-16,31H,14,28H2,(H,29,30)(H,32,34)/b10-7+,26-25-. The summed E-state index contributed by atoms with van der Waals surface area (Å²) in [6.45, 7) is 0.259. The van der Waals surface area contributed by atoms with E-state index in [9.17, 15) is 14.9 Å². The van der Waals surface area contributed by atoms with E-state index in [2.05, 4.69) is 20.6 Å². The zero-order chi connectivity index (χ0) is 25.1. The van der Waals surface area contributed by atoms with Crippen LogP contribution in [0.1, 0.15) is 27.9 Å². The normalized spacial score (nSPS) is 14.0. The summed E-state index contributed by atoms with van der Waals surface area (Å²) < 4.78 is 0. The summed E-state index contributed by atoms with van der Waals surface area (Å²) in [5.41, 5.74) is 11.8. The molecule has 0 unspecified atom stereocenters. The van der Waals surface area contributed by atoms with E-state index in [4.69, 9.17) is 5.73 Å². The fourth-order valence-electron chi connectivity index (χ4n) is 4.09. The molecule has 9 nitrogen and oxygen atoms in total. The van der Waals surface area contributed by atoms with E-state index in [1.807, 2.05) is 60.7 Å². The molecule has 3 aromatic carbocycles. The highest BCUT2D eigenvalue weighted by Crippen LogP contribution is 2.40. The molecular formula is C27H22N6O3. The molecule has 0 fully saturated rings. The third-order valence-electron chi connectivity index (χ3n) is 5.86. The van der Waals surface area contributed by atoms with Gasteiger partial charge in [-0.1, -0.05) is 42.5 Å². The van der Waals surface area contributed by atoms with Gasteiger partial charge in [0, 0.05) is 47.4 Å². The Hall–Kier alpha value is -5.02. The van der Waals surface area contributed by atoms with Crippen LogP contribution < -0.4 is 16.4 Å². The Morgan fingerprint density at radius 2 is 1.89 bits per heavy atom. The minimum absolute atomic E-state index is 0.0951. The van der Waals surface area contributed by atoms with E-state index in [1.165, 1.54) is 12.1 Å². The highest BCUT2D eigenvalue weighted by molar-refractivity contribution is 6.37. The molecule has 0 saturated heterocycles. The van der Waals surface area contributed by atoms with Crippen molar-refractivity contribution in [3.05, 3.63) is 117 Å². The molecule has 36 heavy (non-hydrogen) atoms. The van der Waals surface area contributed by atoms with Crippen LogP contribution in [0.25, 0.3) is 23.4 Å². The number of nitrogens with two attached hydrogens (primary N) is 1. The second kappa shape index (κ2) is 9.69. The molecule has 178 valence electrons. The summed E-state index contributed by atoms with van der Waals surface area (Å²) in [6, 6.07) is 19.5. The van der Waals surface area contributed by atoms with Crippen LogP contribution in [0.2, 0.25) is 0 Å². The minimum atomic E-state index is -0.475. The molecule has 1 amide bonds. The van der Waals surface area contributed by atoms with Gasteiger partial charge >= 0.3 is 0 Å². The first-order valence-electron chi connectivity index (χ1n) is 11.2. The number of carbonyl (C=O) groups is 1. The summed E-state index contributed by atoms with van der Waals surface area (Å²) in [4.78, 5) is 31.2. The van der Waals surface area contributed by atoms with E-state index < -0.39 is 4.92 Å². The zero-order valence-electron chi connectivity index (χ0n) is 19.1. The number of imidazole rings is 1. The van der Waals surface area contributed by atoms with Gasteiger partial charge in [-0.25, -0.2) is 4.98 Å². The maximum absolute atomic E-state index is 13.1. The van der Waals surface area contributed by atoms with Crippen molar-refractivity contribution in [2.24, 2.45) is 5.73 Å². The van der Waals surface area contributed by atoms with Crippen LogP contribution >= 0.6 is 0 Å². The molecule has 1 aliphatic rings. The van der Waals surface area contributed by atoms with Crippen molar-refractivity contribution < 1.29 is 9.72 Å². The van der Waals surface area contributed by atoms with Crippen LogP contribution in [0, 0.1) is 10.1 Å². The van der Waals surface area contributed by atoms with Gasteiger partial charge in [-0.2, -0.15) is 0 Å². The van der Waals surface area contributed by atoms with E-state index >= 15 is 0 Å². The molecule has 0 radical (unpaired) electrons. The van der Waals surface area contributed by atoms with E-state index in [-0.39, 0.29) is 18.1 Å². The number of aromatic amines is 1. The molecule has 4 aromatic rings. The second-order valence-electron chi connectivity index (χ2n) is 8.13. The summed E-state index contributed by atoms with van der Waals surface area (Å²) in [6.07, 6.45) is 7.26. The van der Waals surface area contributed by atoms with Gasteiger partial charge in [0.2, 0.25) is 0 Å². The lowest BCUT2D eigenvalue weighted by Gasteiger charge is -2.17. The van der Waals surface area contributed by atoms with Crippen molar-refractivity contribution in [1.29, 1.82) is 0 Å². The van der Waals surface area contributed by atoms with Crippen LogP contribution in [-0.4, -0.2) is 20.8 Å². The van der Waals surface area contributed by atoms with Gasteiger partial charge in [-0.05, 0) is 35.4 Å². The second-order valence-corrected chi connectivity index (χ2v) is 8.13. The van der Waals surface area contributed by atoms with Gasteiger partial charge in [-0.3, -0.25) is 14.9 Å². The molecule has 0 aliphatic carbocycles. The first kappa shape index (κ1) is 22.8. The van der Waals surface area contributed by atoms with Crippen LogP contribution in [0.3, 0.4) is 0 Å². The fourth-order valence-corrected chi connectivity index (χ4v) is 4.09.